The first-order chi connectivity index (χ1) is 6.69. The molecule has 0 bridgehead atoms. The lowest BCUT2D eigenvalue weighted by atomic mass is 10.4. The van der Waals surface area contributed by atoms with Crippen molar-refractivity contribution in [2.45, 2.75) is 6.54 Å². The van der Waals surface area contributed by atoms with Crippen molar-refractivity contribution in [1.82, 2.24) is 4.90 Å². The van der Waals surface area contributed by atoms with Gasteiger partial charge in [-0.2, -0.15) is 0 Å². The highest BCUT2D eigenvalue weighted by Crippen LogP contribution is 2.09. The zero-order chi connectivity index (χ0) is 10.6. The number of rotatable bonds is 4. The summed E-state index contributed by atoms with van der Waals surface area (Å²) in [5, 5.41) is 8.64. The fourth-order valence-electron chi connectivity index (χ4n) is 1.04. The van der Waals surface area contributed by atoms with E-state index in [1.54, 1.807) is 19.2 Å². The Morgan fingerprint density at radius 3 is 2.86 bits per heavy atom. The lowest BCUT2D eigenvalue weighted by Gasteiger charge is -2.13. The summed E-state index contributed by atoms with van der Waals surface area (Å²) in [5.74, 6) is 0.575. The monoisotopic (exact) mass is 198 g/mol. The normalized spacial score (nSPS) is 10.2. The van der Waals surface area contributed by atoms with Gasteiger partial charge in [0.2, 0.25) is 0 Å². The minimum Gasteiger partial charge on any atom is -0.455 e. The Morgan fingerprint density at radius 1 is 1.64 bits per heavy atom. The van der Waals surface area contributed by atoms with Crippen LogP contribution in [-0.2, 0) is 6.54 Å². The SMILES string of the molecule is CN(CCO)C(=O)c1ccc(CN)o1. The smallest absolute Gasteiger partial charge is 0.289 e. The molecule has 0 radical (unpaired) electrons. The number of aliphatic hydroxyl groups excluding tert-OH is 1. The summed E-state index contributed by atoms with van der Waals surface area (Å²) in [6.45, 7) is 0.501. The summed E-state index contributed by atoms with van der Waals surface area (Å²) in [4.78, 5) is 12.9. The number of aliphatic hydroxyl groups is 1. The maximum absolute atomic E-state index is 11.5. The molecule has 3 N–H and O–H groups in total. The number of carbonyl (C=O) groups is 1. The zero-order valence-corrected chi connectivity index (χ0v) is 8.06. The van der Waals surface area contributed by atoms with E-state index in [0.717, 1.165) is 0 Å². The molecule has 5 nitrogen and oxygen atoms in total. The molecule has 1 rings (SSSR count). The molecule has 1 aromatic heterocycles. The number of likely N-dealkylation sites (N-methyl/N-ethyl adjacent to an activating group) is 1. The molecular formula is C9H14N2O3. The summed E-state index contributed by atoms with van der Waals surface area (Å²) in [6.07, 6.45) is 0. The maximum atomic E-state index is 11.5. The fraction of sp³-hybridized carbons (Fsp3) is 0.444. The topological polar surface area (TPSA) is 79.7 Å². The first kappa shape index (κ1) is 10.7. The Labute approximate surface area is 82.1 Å². The van der Waals surface area contributed by atoms with Crippen LogP contribution >= 0.6 is 0 Å². The maximum Gasteiger partial charge on any atom is 0.289 e. The Kier molecular flexibility index (Phi) is 3.67. The molecule has 0 aliphatic carbocycles. The van der Waals surface area contributed by atoms with Crippen LogP contribution in [0.4, 0.5) is 0 Å². The van der Waals surface area contributed by atoms with Crippen molar-refractivity contribution >= 4 is 5.91 Å². The van der Waals surface area contributed by atoms with Crippen molar-refractivity contribution in [3.05, 3.63) is 23.7 Å². The van der Waals surface area contributed by atoms with Gasteiger partial charge >= 0.3 is 0 Å². The number of furan rings is 1. The highest BCUT2D eigenvalue weighted by Gasteiger charge is 2.14. The minimum atomic E-state index is -0.251. The molecule has 0 aliphatic rings. The number of hydrogen-bond acceptors (Lipinski definition) is 4. The van der Waals surface area contributed by atoms with E-state index >= 15 is 0 Å². The first-order valence-electron chi connectivity index (χ1n) is 4.34. The molecule has 0 spiro atoms. The summed E-state index contributed by atoms with van der Waals surface area (Å²) in [6, 6.07) is 3.25. The molecule has 5 heteroatoms. The zero-order valence-electron chi connectivity index (χ0n) is 8.06. The molecular weight excluding hydrogens is 184 g/mol. The van der Waals surface area contributed by atoms with Crippen molar-refractivity contribution in [3.8, 4) is 0 Å². The van der Waals surface area contributed by atoms with E-state index in [2.05, 4.69) is 0 Å². The van der Waals surface area contributed by atoms with Crippen LogP contribution in [0.15, 0.2) is 16.5 Å². The van der Waals surface area contributed by atoms with E-state index in [1.807, 2.05) is 0 Å². The average Bonchev–Trinajstić information content (AvgIpc) is 2.65. The van der Waals surface area contributed by atoms with E-state index in [9.17, 15) is 4.79 Å². The molecule has 1 heterocycles. The molecule has 1 aromatic rings. The Morgan fingerprint density at radius 2 is 2.36 bits per heavy atom. The molecule has 0 atom stereocenters. The largest absolute Gasteiger partial charge is 0.455 e. The molecule has 0 saturated carbocycles. The molecule has 0 fully saturated rings. The predicted molar refractivity (Wildman–Crippen MR) is 50.6 cm³/mol. The summed E-state index contributed by atoms with van der Waals surface area (Å²) in [5.41, 5.74) is 5.34. The van der Waals surface area contributed by atoms with Gasteiger partial charge in [0.1, 0.15) is 5.76 Å². The second-order valence-corrected chi connectivity index (χ2v) is 2.92. The minimum absolute atomic E-state index is 0.0628. The summed E-state index contributed by atoms with van der Waals surface area (Å²) >= 11 is 0. The van der Waals surface area contributed by atoms with Crippen molar-refractivity contribution < 1.29 is 14.3 Å². The van der Waals surface area contributed by atoms with Gasteiger partial charge in [-0.25, -0.2) is 0 Å². The van der Waals surface area contributed by atoms with Gasteiger partial charge in [0.05, 0.1) is 13.2 Å². The lowest BCUT2D eigenvalue weighted by molar-refractivity contribution is 0.0734. The van der Waals surface area contributed by atoms with Crippen molar-refractivity contribution in [2.24, 2.45) is 5.73 Å². The molecule has 0 saturated heterocycles. The van der Waals surface area contributed by atoms with E-state index in [1.165, 1.54) is 4.90 Å². The van der Waals surface area contributed by atoms with Gasteiger partial charge in [-0.15, -0.1) is 0 Å². The Hall–Kier alpha value is -1.33. The van der Waals surface area contributed by atoms with Crippen LogP contribution < -0.4 is 5.73 Å². The van der Waals surface area contributed by atoms with Gasteiger partial charge in [-0.1, -0.05) is 0 Å². The van der Waals surface area contributed by atoms with Gasteiger partial charge < -0.3 is 20.2 Å². The van der Waals surface area contributed by atoms with E-state index in [4.69, 9.17) is 15.3 Å². The Bertz CT molecular complexity index is 309. The van der Waals surface area contributed by atoms with Gasteiger partial charge in [-0.05, 0) is 12.1 Å². The highest BCUT2D eigenvalue weighted by atomic mass is 16.4. The van der Waals surface area contributed by atoms with Crippen LogP contribution in [0.3, 0.4) is 0 Å². The van der Waals surface area contributed by atoms with Crippen LogP contribution in [0.25, 0.3) is 0 Å². The van der Waals surface area contributed by atoms with Crippen molar-refractivity contribution in [3.63, 3.8) is 0 Å². The molecule has 0 unspecified atom stereocenters. The van der Waals surface area contributed by atoms with Gasteiger partial charge in [0.15, 0.2) is 5.76 Å². The second kappa shape index (κ2) is 4.78. The first-order valence-corrected chi connectivity index (χ1v) is 4.34. The second-order valence-electron chi connectivity index (χ2n) is 2.92. The lowest BCUT2D eigenvalue weighted by Crippen LogP contribution is -2.29. The van der Waals surface area contributed by atoms with Gasteiger partial charge in [-0.3, -0.25) is 4.79 Å². The molecule has 0 aliphatic heterocycles. The predicted octanol–water partition coefficient (Wildman–Crippen LogP) is -0.197. The molecule has 0 aromatic carbocycles. The van der Waals surface area contributed by atoms with Crippen LogP contribution in [0, 0.1) is 0 Å². The fourth-order valence-corrected chi connectivity index (χ4v) is 1.04. The quantitative estimate of drug-likeness (QED) is 0.702. The molecule has 78 valence electrons. The average molecular weight is 198 g/mol. The van der Waals surface area contributed by atoms with E-state index in [0.29, 0.717) is 5.76 Å². The third-order valence-electron chi connectivity index (χ3n) is 1.86. The van der Waals surface area contributed by atoms with Crippen molar-refractivity contribution in [1.29, 1.82) is 0 Å². The summed E-state index contributed by atoms with van der Waals surface area (Å²) in [7, 11) is 1.60. The van der Waals surface area contributed by atoms with Crippen LogP contribution in [0.1, 0.15) is 16.3 Å². The third kappa shape index (κ3) is 2.34. The summed E-state index contributed by atoms with van der Waals surface area (Å²) < 4.78 is 5.16. The number of hydrogen-bond donors (Lipinski definition) is 2. The highest BCUT2D eigenvalue weighted by molar-refractivity contribution is 5.91. The van der Waals surface area contributed by atoms with Gasteiger partial charge in [0.25, 0.3) is 5.91 Å². The molecule has 1 amide bonds. The van der Waals surface area contributed by atoms with Gasteiger partial charge in [0, 0.05) is 13.6 Å². The van der Waals surface area contributed by atoms with Crippen LogP contribution in [-0.4, -0.2) is 36.1 Å². The third-order valence-corrected chi connectivity index (χ3v) is 1.86. The van der Waals surface area contributed by atoms with Crippen LogP contribution in [0.2, 0.25) is 0 Å². The number of nitrogens with zero attached hydrogens (tertiary/aromatic N) is 1. The number of nitrogens with two attached hydrogens (primary N) is 1. The van der Waals surface area contributed by atoms with E-state index < -0.39 is 0 Å². The van der Waals surface area contributed by atoms with Crippen LogP contribution in [0.5, 0.6) is 0 Å². The Balaban J connectivity index is 2.68. The molecule has 14 heavy (non-hydrogen) atoms. The number of carbonyl (C=O) groups excluding carboxylic acids is 1. The number of amides is 1. The van der Waals surface area contributed by atoms with Crippen molar-refractivity contribution in [2.75, 3.05) is 20.2 Å². The standard InChI is InChI=1S/C9H14N2O3/c1-11(4-5-12)9(13)8-3-2-7(6-10)14-8/h2-3,12H,4-6,10H2,1H3. The van der Waals surface area contributed by atoms with E-state index in [-0.39, 0.29) is 31.4 Å².